The number of nitrogens with one attached hydrogen (secondary N) is 1. The Morgan fingerprint density at radius 3 is 1.83 bits per heavy atom. The lowest BCUT2D eigenvalue weighted by molar-refractivity contribution is -0.140. The van der Waals surface area contributed by atoms with Crippen molar-refractivity contribution in [2.24, 2.45) is 11.5 Å². The molecular weight excluding hydrogens is 248 g/mol. The maximum Gasteiger partial charge on any atom is 0.328 e. The van der Waals surface area contributed by atoms with Crippen LogP contribution < -0.4 is 16.8 Å². The van der Waals surface area contributed by atoms with E-state index in [1.54, 1.807) is 0 Å². The Morgan fingerprint density at radius 1 is 1.11 bits per heavy atom. The molecule has 0 aliphatic carbocycles. The maximum absolute atomic E-state index is 11.5. The second kappa shape index (κ2) is 7.06. The highest BCUT2D eigenvalue weighted by Gasteiger charge is 2.24. The third-order valence-electron chi connectivity index (χ3n) is 1.76. The number of carbonyl (C=O) groups excluding carboxylic acids is 3. The number of hydrogen-bond donors (Lipinski definition) is 5. The summed E-state index contributed by atoms with van der Waals surface area (Å²) < 4.78 is 0. The summed E-state index contributed by atoms with van der Waals surface area (Å²) in [5.74, 6) is -3.27. The first-order valence-electron chi connectivity index (χ1n) is 4.73. The van der Waals surface area contributed by atoms with Crippen molar-refractivity contribution < 1.29 is 29.4 Å². The molecule has 0 heterocycles. The summed E-state index contributed by atoms with van der Waals surface area (Å²) in [6, 6.07) is -2.60. The minimum Gasteiger partial charge on any atom is -0.480 e. The number of amides is 4. The zero-order chi connectivity index (χ0) is 14.3. The predicted octanol–water partition coefficient (Wildman–Crippen LogP) is -3.59. The number of primary amides is 2. The molecule has 0 aliphatic rings. The van der Waals surface area contributed by atoms with Gasteiger partial charge in [0.2, 0.25) is 11.8 Å². The highest BCUT2D eigenvalue weighted by atomic mass is 16.4. The quantitative estimate of drug-likeness (QED) is 0.316. The lowest BCUT2D eigenvalue weighted by Gasteiger charge is -2.22. The normalized spacial score (nSPS) is 11.4. The molecule has 0 fully saturated rings. The second-order valence-corrected chi connectivity index (χ2v) is 3.31. The van der Waals surface area contributed by atoms with Gasteiger partial charge in [-0.05, 0) is 0 Å². The number of carbonyl (C=O) groups is 4. The van der Waals surface area contributed by atoms with Crippen LogP contribution in [0.3, 0.4) is 0 Å². The van der Waals surface area contributed by atoms with E-state index < -0.39 is 49.6 Å². The fraction of sp³-hybridized carbons (Fsp3) is 0.500. The third kappa shape index (κ3) is 5.65. The van der Waals surface area contributed by atoms with Gasteiger partial charge in [0, 0.05) is 0 Å². The maximum atomic E-state index is 11.5. The summed E-state index contributed by atoms with van der Waals surface area (Å²) in [4.78, 5) is 44.0. The highest BCUT2D eigenvalue weighted by molar-refractivity contribution is 5.89. The number of aliphatic hydroxyl groups is 1. The first-order chi connectivity index (χ1) is 8.27. The fourth-order valence-corrected chi connectivity index (χ4v) is 1.00. The molecule has 10 heteroatoms. The van der Waals surface area contributed by atoms with E-state index in [1.165, 1.54) is 0 Å². The van der Waals surface area contributed by atoms with Gasteiger partial charge < -0.3 is 31.9 Å². The van der Waals surface area contributed by atoms with Crippen LogP contribution in [0, 0.1) is 0 Å². The number of carboxylic acid groups (broad SMARTS) is 1. The number of aliphatic carboxylic acids is 1. The van der Waals surface area contributed by atoms with Gasteiger partial charge in [0.05, 0.1) is 6.61 Å². The van der Waals surface area contributed by atoms with E-state index in [2.05, 4.69) is 0 Å². The molecule has 0 saturated heterocycles. The van der Waals surface area contributed by atoms with Crippen molar-refractivity contribution in [1.82, 2.24) is 10.2 Å². The van der Waals surface area contributed by atoms with Gasteiger partial charge in [-0.2, -0.15) is 0 Å². The average Bonchev–Trinajstić information content (AvgIpc) is 2.22. The first-order valence-corrected chi connectivity index (χ1v) is 4.73. The smallest absolute Gasteiger partial charge is 0.328 e. The van der Waals surface area contributed by atoms with E-state index >= 15 is 0 Å². The van der Waals surface area contributed by atoms with E-state index in [1.807, 2.05) is 5.32 Å². The highest BCUT2D eigenvalue weighted by Crippen LogP contribution is 1.92. The Kier molecular flexibility index (Phi) is 6.14. The van der Waals surface area contributed by atoms with E-state index in [9.17, 15) is 19.2 Å². The molecule has 0 aliphatic heterocycles. The average molecular weight is 262 g/mol. The molecule has 102 valence electrons. The van der Waals surface area contributed by atoms with Crippen molar-refractivity contribution in [3.8, 4) is 0 Å². The van der Waals surface area contributed by atoms with Crippen LogP contribution in [0.25, 0.3) is 0 Å². The Morgan fingerprint density at radius 2 is 1.56 bits per heavy atom. The molecule has 0 aromatic rings. The first kappa shape index (κ1) is 15.6. The molecule has 10 nitrogen and oxygen atoms in total. The largest absolute Gasteiger partial charge is 0.480 e. The molecular formula is C8H14N4O6. The van der Waals surface area contributed by atoms with Crippen LogP contribution in [-0.2, 0) is 14.4 Å². The fourth-order valence-electron chi connectivity index (χ4n) is 1.00. The zero-order valence-corrected chi connectivity index (χ0v) is 9.33. The zero-order valence-electron chi connectivity index (χ0n) is 9.33. The van der Waals surface area contributed by atoms with Crippen LogP contribution in [0.1, 0.15) is 0 Å². The number of carboxylic acids is 1. The summed E-state index contributed by atoms with van der Waals surface area (Å²) >= 11 is 0. The lowest BCUT2D eigenvalue weighted by atomic mass is 10.3. The number of nitrogens with two attached hydrogens (primary N) is 2. The number of rotatable bonds is 7. The summed E-state index contributed by atoms with van der Waals surface area (Å²) in [7, 11) is 0. The molecule has 0 rings (SSSR count). The standard InChI is InChI=1S/C8H14N4O6/c9-5(14)1-12(2-6(10)15)8(18)11-4(3-13)7(16)17/h4,13H,1-3H2,(H2,9,14)(H2,10,15)(H,11,18)(H,16,17). The minimum absolute atomic E-state index is 0.605. The van der Waals surface area contributed by atoms with Crippen LogP contribution in [0.2, 0.25) is 0 Å². The van der Waals surface area contributed by atoms with Crippen molar-refractivity contribution in [2.75, 3.05) is 19.7 Å². The molecule has 0 bridgehead atoms. The monoisotopic (exact) mass is 262 g/mol. The molecule has 0 saturated carbocycles. The van der Waals surface area contributed by atoms with Gasteiger partial charge in [-0.25, -0.2) is 9.59 Å². The lowest BCUT2D eigenvalue weighted by Crippen LogP contribution is -2.53. The minimum atomic E-state index is -1.55. The van der Waals surface area contributed by atoms with Gasteiger partial charge >= 0.3 is 12.0 Å². The van der Waals surface area contributed by atoms with Crippen molar-refractivity contribution in [3.05, 3.63) is 0 Å². The molecule has 1 unspecified atom stereocenters. The number of aliphatic hydroxyl groups excluding tert-OH is 1. The topological polar surface area (TPSA) is 176 Å². The molecule has 7 N–H and O–H groups in total. The van der Waals surface area contributed by atoms with Crippen LogP contribution in [0.5, 0.6) is 0 Å². The molecule has 0 radical (unpaired) electrons. The summed E-state index contributed by atoms with van der Waals surface area (Å²) in [6.07, 6.45) is 0. The van der Waals surface area contributed by atoms with Gasteiger partial charge in [0.25, 0.3) is 0 Å². The Balaban J connectivity index is 4.68. The Hall–Kier alpha value is -2.36. The third-order valence-corrected chi connectivity index (χ3v) is 1.76. The van der Waals surface area contributed by atoms with E-state index in [-0.39, 0.29) is 0 Å². The van der Waals surface area contributed by atoms with Gasteiger partial charge in [-0.15, -0.1) is 0 Å². The number of nitrogens with zero attached hydrogens (tertiary/aromatic N) is 1. The number of urea groups is 1. The van der Waals surface area contributed by atoms with Crippen molar-refractivity contribution in [3.63, 3.8) is 0 Å². The molecule has 0 aromatic carbocycles. The van der Waals surface area contributed by atoms with Crippen LogP contribution >= 0.6 is 0 Å². The van der Waals surface area contributed by atoms with Crippen LogP contribution in [-0.4, -0.2) is 64.7 Å². The van der Waals surface area contributed by atoms with Crippen LogP contribution in [0.15, 0.2) is 0 Å². The molecule has 4 amide bonds. The van der Waals surface area contributed by atoms with Crippen LogP contribution in [0.4, 0.5) is 4.79 Å². The Labute approximate surface area is 102 Å². The summed E-state index contributed by atoms with van der Waals surface area (Å²) in [6.45, 7) is -2.05. The molecule has 0 aromatic heterocycles. The molecule has 0 spiro atoms. The van der Waals surface area contributed by atoms with Crippen molar-refractivity contribution in [2.45, 2.75) is 6.04 Å². The molecule has 18 heavy (non-hydrogen) atoms. The van der Waals surface area contributed by atoms with Gasteiger partial charge in [0.15, 0.2) is 6.04 Å². The van der Waals surface area contributed by atoms with Crippen molar-refractivity contribution in [1.29, 1.82) is 0 Å². The molecule has 1 atom stereocenters. The van der Waals surface area contributed by atoms with E-state index in [0.717, 1.165) is 0 Å². The second-order valence-electron chi connectivity index (χ2n) is 3.31. The van der Waals surface area contributed by atoms with E-state index in [0.29, 0.717) is 4.90 Å². The SMILES string of the molecule is NC(=O)CN(CC(N)=O)C(=O)NC(CO)C(=O)O. The summed E-state index contributed by atoms with van der Waals surface area (Å²) in [5.41, 5.74) is 9.70. The predicted molar refractivity (Wildman–Crippen MR) is 57.0 cm³/mol. The van der Waals surface area contributed by atoms with E-state index in [4.69, 9.17) is 21.7 Å². The summed E-state index contributed by atoms with van der Waals surface area (Å²) in [5, 5.41) is 19.2. The Bertz CT molecular complexity index is 341. The van der Waals surface area contributed by atoms with Gasteiger partial charge in [-0.3, -0.25) is 9.59 Å². The number of hydrogen-bond acceptors (Lipinski definition) is 5. The van der Waals surface area contributed by atoms with Crippen molar-refractivity contribution >= 4 is 23.8 Å². The van der Waals surface area contributed by atoms with Gasteiger partial charge in [-0.1, -0.05) is 0 Å². The van der Waals surface area contributed by atoms with Gasteiger partial charge in [0.1, 0.15) is 13.1 Å².